The minimum absolute atomic E-state index is 0. The minimum Gasteiger partial charge on any atom is -0.327 e. The first-order valence-corrected chi connectivity index (χ1v) is 7.28. The molecule has 0 saturated carbocycles. The second-order valence-electron chi connectivity index (χ2n) is 4.19. The topological polar surface area (TPSA) is 46.3 Å². The van der Waals surface area contributed by atoms with Crippen LogP contribution in [0, 0.1) is 0 Å². The molecule has 0 aromatic rings. The van der Waals surface area contributed by atoms with E-state index >= 15 is 0 Å². The molecule has 0 radical (unpaired) electrons. The summed E-state index contributed by atoms with van der Waals surface area (Å²) in [7, 11) is -1.89. The van der Waals surface area contributed by atoms with Gasteiger partial charge in [-0.15, -0.1) is 24.8 Å². The molecule has 0 aromatic heterocycles. The molecular formula is C8H21Cl2N2OP. The van der Waals surface area contributed by atoms with Crippen LogP contribution in [0.15, 0.2) is 0 Å². The Morgan fingerprint density at radius 2 is 2.00 bits per heavy atom. The fourth-order valence-corrected chi connectivity index (χ4v) is 2.92. The average molecular weight is 263 g/mol. The zero-order valence-corrected chi connectivity index (χ0v) is 11.3. The van der Waals surface area contributed by atoms with Crippen LogP contribution in [0.3, 0.4) is 0 Å². The number of halogens is 2. The second kappa shape index (κ2) is 7.08. The van der Waals surface area contributed by atoms with E-state index in [2.05, 4.69) is 4.90 Å². The van der Waals surface area contributed by atoms with E-state index in [0.29, 0.717) is 6.04 Å². The zero-order chi connectivity index (χ0) is 9.19. The van der Waals surface area contributed by atoms with Gasteiger partial charge in [0, 0.05) is 12.6 Å². The molecule has 1 heterocycles. The monoisotopic (exact) mass is 262 g/mol. The largest absolute Gasteiger partial charge is 0.327 e. The lowest BCUT2D eigenvalue weighted by Gasteiger charge is -2.31. The molecule has 1 saturated heterocycles. The summed E-state index contributed by atoms with van der Waals surface area (Å²) < 4.78 is 11.5. The highest BCUT2D eigenvalue weighted by atomic mass is 35.5. The molecule has 0 bridgehead atoms. The number of rotatable bonds is 2. The van der Waals surface area contributed by atoms with E-state index in [4.69, 9.17) is 5.73 Å². The van der Waals surface area contributed by atoms with Crippen LogP contribution >= 0.6 is 32.0 Å². The van der Waals surface area contributed by atoms with Gasteiger partial charge in [0.05, 0.1) is 13.4 Å². The molecule has 3 nitrogen and oxygen atoms in total. The second-order valence-corrected chi connectivity index (χ2v) is 7.63. The molecule has 1 rings (SSSR count). The minimum atomic E-state index is -1.89. The summed E-state index contributed by atoms with van der Waals surface area (Å²) in [6.07, 6.45) is 3.01. The van der Waals surface area contributed by atoms with Gasteiger partial charge in [-0.2, -0.15) is 0 Å². The molecule has 6 heteroatoms. The van der Waals surface area contributed by atoms with E-state index in [-0.39, 0.29) is 24.8 Å². The summed E-state index contributed by atoms with van der Waals surface area (Å²) in [6.45, 7) is 5.67. The zero-order valence-electron chi connectivity index (χ0n) is 8.81. The van der Waals surface area contributed by atoms with Crippen molar-refractivity contribution >= 4 is 32.0 Å². The van der Waals surface area contributed by atoms with Crippen molar-refractivity contribution in [1.29, 1.82) is 0 Å². The summed E-state index contributed by atoms with van der Waals surface area (Å²) in [5, 5.41) is 0. The molecule has 1 aliphatic rings. The van der Waals surface area contributed by atoms with Crippen LogP contribution in [-0.4, -0.2) is 43.6 Å². The van der Waals surface area contributed by atoms with Gasteiger partial charge < -0.3 is 10.3 Å². The van der Waals surface area contributed by atoms with Crippen molar-refractivity contribution in [2.75, 3.05) is 32.7 Å². The van der Waals surface area contributed by atoms with Gasteiger partial charge in [-0.1, -0.05) is 0 Å². The SMILES string of the molecule is CP(C)(=O)CN1CCCC(N)C1.Cl.Cl. The van der Waals surface area contributed by atoms with E-state index < -0.39 is 7.14 Å². The van der Waals surface area contributed by atoms with Gasteiger partial charge >= 0.3 is 0 Å². The Hall–Kier alpha value is 0.730. The Morgan fingerprint density at radius 3 is 2.43 bits per heavy atom. The molecule has 1 aliphatic heterocycles. The van der Waals surface area contributed by atoms with Gasteiger partial charge in [0.2, 0.25) is 0 Å². The Bertz CT molecular complexity index is 198. The fourth-order valence-electron chi connectivity index (χ4n) is 1.70. The third-order valence-electron chi connectivity index (χ3n) is 2.08. The van der Waals surface area contributed by atoms with Crippen LogP contribution in [0.1, 0.15) is 12.8 Å². The van der Waals surface area contributed by atoms with Crippen molar-refractivity contribution < 1.29 is 4.57 Å². The summed E-state index contributed by atoms with van der Waals surface area (Å²) in [5.74, 6) is 0. The quantitative estimate of drug-likeness (QED) is 0.773. The number of nitrogens with two attached hydrogens (primary N) is 1. The normalized spacial score (nSPS) is 23.5. The molecule has 0 amide bonds. The van der Waals surface area contributed by atoms with Crippen molar-refractivity contribution in [3.63, 3.8) is 0 Å². The third kappa shape index (κ3) is 7.08. The lowest BCUT2D eigenvalue weighted by molar-refractivity contribution is 0.238. The Morgan fingerprint density at radius 1 is 1.43 bits per heavy atom. The van der Waals surface area contributed by atoms with E-state index in [9.17, 15) is 4.57 Å². The molecule has 0 aliphatic carbocycles. The standard InChI is InChI=1S/C8H19N2OP.2ClH/c1-12(2,11)7-10-5-3-4-8(9)6-10;;/h8H,3-7,9H2,1-2H3;2*1H. The highest BCUT2D eigenvalue weighted by molar-refractivity contribution is 7.62. The Labute approximate surface area is 99.0 Å². The number of hydrogen-bond acceptors (Lipinski definition) is 3. The summed E-state index contributed by atoms with van der Waals surface area (Å²) in [4.78, 5) is 2.23. The van der Waals surface area contributed by atoms with Crippen molar-refractivity contribution in [2.45, 2.75) is 18.9 Å². The molecule has 1 atom stereocenters. The van der Waals surface area contributed by atoms with Gasteiger partial charge in [-0.25, -0.2) is 0 Å². The summed E-state index contributed by atoms with van der Waals surface area (Å²) >= 11 is 0. The maximum atomic E-state index is 11.5. The van der Waals surface area contributed by atoms with E-state index in [1.807, 2.05) is 13.3 Å². The molecule has 1 fully saturated rings. The number of piperidine rings is 1. The molecule has 14 heavy (non-hydrogen) atoms. The van der Waals surface area contributed by atoms with Crippen molar-refractivity contribution in [3.05, 3.63) is 0 Å². The molecule has 2 N–H and O–H groups in total. The number of nitrogens with zero attached hydrogens (tertiary/aromatic N) is 1. The first-order valence-electron chi connectivity index (χ1n) is 4.49. The molecule has 0 aromatic carbocycles. The van der Waals surface area contributed by atoms with E-state index in [0.717, 1.165) is 32.2 Å². The average Bonchev–Trinajstić information content (AvgIpc) is 1.82. The molecule has 88 valence electrons. The first-order chi connectivity index (χ1) is 5.47. The smallest absolute Gasteiger partial charge is 0.0951 e. The van der Waals surface area contributed by atoms with Gasteiger partial charge in [0.25, 0.3) is 0 Å². The van der Waals surface area contributed by atoms with Crippen LogP contribution < -0.4 is 5.73 Å². The maximum Gasteiger partial charge on any atom is 0.0951 e. The Balaban J connectivity index is 0. The molecule has 0 spiro atoms. The van der Waals surface area contributed by atoms with Crippen molar-refractivity contribution in [2.24, 2.45) is 5.73 Å². The van der Waals surface area contributed by atoms with Gasteiger partial charge in [-0.05, 0) is 32.7 Å². The van der Waals surface area contributed by atoms with Crippen LogP contribution in [0.2, 0.25) is 0 Å². The fraction of sp³-hybridized carbons (Fsp3) is 1.00. The molecular weight excluding hydrogens is 242 g/mol. The maximum absolute atomic E-state index is 11.5. The van der Waals surface area contributed by atoms with Crippen LogP contribution in [0.5, 0.6) is 0 Å². The van der Waals surface area contributed by atoms with Crippen molar-refractivity contribution in [1.82, 2.24) is 4.90 Å². The van der Waals surface area contributed by atoms with Gasteiger partial charge in [0.15, 0.2) is 0 Å². The van der Waals surface area contributed by atoms with Crippen LogP contribution in [0.4, 0.5) is 0 Å². The lowest BCUT2D eigenvalue weighted by atomic mass is 10.1. The van der Waals surface area contributed by atoms with Gasteiger partial charge in [0.1, 0.15) is 0 Å². The van der Waals surface area contributed by atoms with Crippen LogP contribution in [-0.2, 0) is 4.57 Å². The number of hydrogen-bond donors (Lipinski definition) is 1. The lowest BCUT2D eigenvalue weighted by Crippen LogP contribution is -2.42. The predicted molar refractivity (Wildman–Crippen MR) is 67.6 cm³/mol. The van der Waals surface area contributed by atoms with E-state index in [1.54, 1.807) is 0 Å². The summed E-state index contributed by atoms with van der Waals surface area (Å²) in [6, 6.07) is 0.297. The third-order valence-corrected chi connectivity index (χ3v) is 3.16. The first kappa shape index (κ1) is 17.1. The predicted octanol–water partition coefficient (Wildman–Crippen LogP) is 1.83. The summed E-state index contributed by atoms with van der Waals surface area (Å²) in [5.41, 5.74) is 5.81. The van der Waals surface area contributed by atoms with Crippen molar-refractivity contribution in [3.8, 4) is 0 Å². The highest BCUT2D eigenvalue weighted by Crippen LogP contribution is 2.36. The highest BCUT2D eigenvalue weighted by Gasteiger charge is 2.20. The molecule has 1 unspecified atom stereocenters. The van der Waals surface area contributed by atoms with Gasteiger partial charge in [-0.3, -0.25) is 4.90 Å². The Kier molecular flexibility index (Phi) is 8.66. The number of likely N-dealkylation sites (tertiary alicyclic amines) is 1. The van der Waals surface area contributed by atoms with Crippen LogP contribution in [0.25, 0.3) is 0 Å². The van der Waals surface area contributed by atoms with E-state index in [1.165, 1.54) is 0 Å².